The number of hydrogen-bond acceptors (Lipinski definition) is 4. The van der Waals surface area contributed by atoms with Gasteiger partial charge in [-0.05, 0) is 54.5 Å². The molecule has 3 N–H and O–H groups in total. The molecule has 0 atom stereocenters. The van der Waals surface area contributed by atoms with Gasteiger partial charge in [-0.3, -0.25) is 0 Å². The normalized spacial score (nSPS) is 12.5. The average molecular weight is 292 g/mol. The minimum Gasteiger partial charge on any atom is -0.457 e. The molecule has 3 rings (SSSR count). The van der Waals surface area contributed by atoms with E-state index in [0.29, 0.717) is 17.4 Å². The van der Waals surface area contributed by atoms with Gasteiger partial charge < -0.3 is 20.1 Å². The van der Waals surface area contributed by atoms with Crippen LogP contribution in [0.1, 0.15) is 5.56 Å². The van der Waals surface area contributed by atoms with Gasteiger partial charge in [-0.1, -0.05) is 17.7 Å². The fourth-order valence-corrected chi connectivity index (χ4v) is 2.03. The Hall–Kier alpha value is -1.53. The van der Waals surface area contributed by atoms with Crippen LogP contribution in [0.2, 0.25) is 5.02 Å². The first-order chi connectivity index (χ1) is 9.72. The zero-order valence-electron chi connectivity index (χ0n) is 11.0. The number of rotatable bonds is 2. The molecule has 0 fully saturated rings. The van der Waals surface area contributed by atoms with Crippen molar-refractivity contribution in [3.8, 4) is 11.5 Å². The van der Waals surface area contributed by atoms with Gasteiger partial charge in [0.2, 0.25) is 0 Å². The summed E-state index contributed by atoms with van der Waals surface area (Å²) in [6, 6.07) is 12.7. The number of fused-ring (bicyclic) bond motifs is 1. The smallest absolute Gasteiger partial charge is 0.457 e. The van der Waals surface area contributed by atoms with E-state index in [4.69, 9.17) is 21.0 Å². The summed E-state index contributed by atoms with van der Waals surface area (Å²) in [6.07, 6.45) is 0. The Labute approximate surface area is 123 Å². The largest absolute Gasteiger partial charge is 0.491 e. The molecule has 0 unspecified atom stereocenters. The lowest BCUT2D eigenvalue weighted by atomic mass is 9.80. The Balaban J connectivity index is 0.000000704. The highest BCUT2D eigenvalue weighted by atomic mass is 35.5. The van der Waals surface area contributed by atoms with Crippen LogP contribution in [0, 0.1) is 0 Å². The lowest BCUT2D eigenvalue weighted by Crippen LogP contribution is -2.27. The molecule has 4 nitrogen and oxygen atoms in total. The van der Waals surface area contributed by atoms with Gasteiger partial charge in [0.1, 0.15) is 11.5 Å². The molecule has 0 amide bonds. The van der Waals surface area contributed by atoms with Gasteiger partial charge in [0.15, 0.2) is 0 Å². The molecule has 2 aromatic carbocycles. The molecular formula is C14H15BClNO3. The summed E-state index contributed by atoms with van der Waals surface area (Å²) >= 11 is 5.81. The highest BCUT2D eigenvalue weighted by Crippen LogP contribution is 2.24. The molecule has 20 heavy (non-hydrogen) atoms. The Kier molecular flexibility index (Phi) is 5.03. The van der Waals surface area contributed by atoms with E-state index in [2.05, 4.69) is 5.73 Å². The number of nitrogens with two attached hydrogens (primary N) is 1. The quantitative estimate of drug-likeness (QED) is 0.830. The summed E-state index contributed by atoms with van der Waals surface area (Å²) in [5.74, 6) is 1.44. The average Bonchev–Trinajstić information content (AvgIpc) is 2.85. The van der Waals surface area contributed by atoms with E-state index < -0.39 is 7.12 Å². The third kappa shape index (κ3) is 3.32. The maximum Gasteiger partial charge on any atom is 0.491 e. The molecule has 0 saturated carbocycles. The fourth-order valence-electron chi connectivity index (χ4n) is 1.91. The van der Waals surface area contributed by atoms with Crippen molar-refractivity contribution in [1.29, 1.82) is 0 Å². The van der Waals surface area contributed by atoms with E-state index in [9.17, 15) is 5.02 Å². The minimum absolute atomic E-state index is 0.411. The summed E-state index contributed by atoms with van der Waals surface area (Å²) in [4.78, 5) is 0. The van der Waals surface area contributed by atoms with E-state index in [1.807, 2.05) is 18.2 Å². The summed E-state index contributed by atoms with van der Waals surface area (Å²) in [7, 11) is 0.685. The second kappa shape index (κ2) is 6.77. The highest BCUT2D eigenvalue weighted by molar-refractivity contribution is 6.61. The van der Waals surface area contributed by atoms with Gasteiger partial charge in [-0.25, -0.2) is 0 Å². The van der Waals surface area contributed by atoms with Crippen molar-refractivity contribution in [2.75, 3.05) is 7.05 Å². The molecule has 0 saturated heterocycles. The van der Waals surface area contributed by atoms with Crippen LogP contribution >= 0.6 is 11.6 Å². The Bertz CT molecular complexity index is 577. The first-order valence-corrected chi connectivity index (χ1v) is 6.54. The van der Waals surface area contributed by atoms with Crippen molar-refractivity contribution >= 4 is 24.2 Å². The molecule has 1 aliphatic rings. The molecule has 0 bridgehead atoms. The molecule has 0 aliphatic carbocycles. The molecule has 1 aliphatic heterocycles. The Morgan fingerprint density at radius 1 is 1.15 bits per heavy atom. The van der Waals surface area contributed by atoms with Gasteiger partial charge in [-0.2, -0.15) is 0 Å². The molecular weight excluding hydrogens is 276 g/mol. The van der Waals surface area contributed by atoms with Crippen LogP contribution in [-0.4, -0.2) is 19.2 Å². The van der Waals surface area contributed by atoms with Crippen LogP contribution in [0.3, 0.4) is 0 Å². The van der Waals surface area contributed by atoms with Crippen LogP contribution < -0.4 is 15.9 Å². The summed E-state index contributed by atoms with van der Waals surface area (Å²) < 4.78 is 10.8. The molecule has 6 heteroatoms. The standard InChI is InChI=1S/C13H10BClO3.CH5N/c15-10-1-3-11(4-2-10)18-12-5-6-13-9(7-12)8-17-14(13)16;1-2/h1-7,16H,8H2;2H2,1H3. The van der Waals surface area contributed by atoms with Crippen molar-refractivity contribution in [2.45, 2.75) is 6.61 Å². The van der Waals surface area contributed by atoms with E-state index in [1.54, 1.807) is 24.3 Å². The third-order valence-electron chi connectivity index (χ3n) is 2.83. The maximum absolute atomic E-state index is 9.51. The summed E-state index contributed by atoms with van der Waals surface area (Å²) in [6.45, 7) is 0.411. The minimum atomic E-state index is -0.815. The zero-order valence-corrected chi connectivity index (χ0v) is 11.8. The van der Waals surface area contributed by atoms with Crippen LogP contribution in [0.25, 0.3) is 0 Å². The number of hydrogen-bond donors (Lipinski definition) is 2. The molecule has 2 aromatic rings. The van der Waals surface area contributed by atoms with Crippen LogP contribution in [0.4, 0.5) is 0 Å². The second-order valence-electron chi connectivity index (χ2n) is 4.08. The number of benzene rings is 2. The SMILES string of the molecule is CN.OB1OCc2cc(Oc3ccc(Cl)cc3)ccc21. The van der Waals surface area contributed by atoms with Crippen molar-refractivity contribution in [3.63, 3.8) is 0 Å². The predicted octanol–water partition coefficient (Wildman–Crippen LogP) is 1.92. The van der Waals surface area contributed by atoms with Gasteiger partial charge in [0.25, 0.3) is 0 Å². The topological polar surface area (TPSA) is 64.7 Å². The lowest BCUT2D eigenvalue weighted by molar-refractivity contribution is 0.275. The number of halogens is 1. The molecule has 0 radical (unpaired) electrons. The summed E-state index contributed by atoms with van der Waals surface area (Å²) in [5.41, 5.74) is 6.26. The maximum atomic E-state index is 9.51. The summed E-state index contributed by atoms with van der Waals surface area (Å²) in [5, 5.41) is 10.2. The van der Waals surface area contributed by atoms with Crippen molar-refractivity contribution in [2.24, 2.45) is 5.73 Å². The Morgan fingerprint density at radius 2 is 1.80 bits per heavy atom. The Morgan fingerprint density at radius 3 is 2.50 bits per heavy atom. The predicted molar refractivity (Wildman–Crippen MR) is 80.5 cm³/mol. The fraction of sp³-hybridized carbons (Fsp3) is 0.143. The van der Waals surface area contributed by atoms with Crippen LogP contribution in [-0.2, 0) is 11.3 Å². The van der Waals surface area contributed by atoms with E-state index in [-0.39, 0.29) is 0 Å². The van der Waals surface area contributed by atoms with Crippen molar-refractivity contribution < 1.29 is 14.4 Å². The van der Waals surface area contributed by atoms with Crippen LogP contribution in [0.5, 0.6) is 11.5 Å². The van der Waals surface area contributed by atoms with Crippen molar-refractivity contribution in [1.82, 2.24) is 0 Å². The molecule has 1 heterocycles. The molecule has 0 aromatic heterocycles. The van der Waals surface area contributed by atoms with Gasteiger partial charge in [0, 0.05) is 5.02 Å². The first-order valence-electron chi connectivity index (χ1n) is 6.16. The second-order valence-corrected chi connectivity index (χ2v) is 4.52. The lowest BCUT2D eigenvalue weighted by Gasteiger charge is -2.07. The third-order valence-corrected chi connectivity index (χ3v) is 3.08. The highest BCUT2D eigenvalue weighted by Gasteiger charge is 2.27. The molecule has 104 valence electrons. The first kappa shape index (κ1) is 14.9. The van der Waals surface area contributed by atoms with E-state index >= 15 is 0 Å². The zero-order chi connectivity index (χ0) is 14.5. The van der Waals surface area contributed by atoms with Crippen LogP contribution in [0.15, 0.2) is 42.5 Å². The van der Waals surface area contributed by atoms with Gasteiger partial charge >= 0.3 is 7.12 Å². The molecule has 0 spiro atoms. The number of ether oxygens (including phenoxy) is 1. The van der Waals surface area contributed by atoms with Gasteiger partial charge in [0.05, 0.1) is 6.61 Å². The van der Waals surface area contributed by atoms with Gasteiger partial charge in [-0.15, -0.1) is 0 Å². The van der Waals surface area contributed by atoms with Crippen molar-refractivity contribution in [3.05, 3.63) is 53.1 Å². The monoisotopic (exact) mass is 291 g/mol. The van der Waals surface area contributed by atoms with E-state index in [0.717, 1.165) is 16.8 Å². The van der Waals surface area contributed by atoms with E-state index in [1.165, 1.54) is 7.05 Å².